The van der Waals surface area contributed by atoms with Crippen LogP contribution in [0.4, 0.5) is 0 Å². The number of benzene rings is 1. The highest BCUT2D eigenvalue weighted by molar-refractivity contribution is 9.10. The first kappa shape index (κ1) is 11.7. The van der Waals surface area contributed by atoms with Crippen molar-refractivity contribution in [1.82, 2.24) is 20.6 Å². The highest BCUT2D eigenvalue weighted by Crippen LogP contribution is 2.18. The van der Waals surface area contributed by atoms with Gasteiger partial charge in [-0.3, -0.25) is 4.79 Å². The largest absolute Gasteiger partial charge is 0.353 e. The maximum atomic E-state index is 11.6. The fourth-order valence-corrected chi connectivity index (χ4v) is 2.50. The SMILES string of the molecule is O=C1NCCNC1Cc1nc2ccc(Br)cc2[nH]1. The average molecular weight is 309 g/mol. The summed E-state index contributed by atoms with van der Waals surface area (Å²) in [7, 11) is 0. The topological polar surface area (TPSA) is 69.8 Å². The van der Waals surface area contributed by atoms with Crippen molar-refractivity contribution >= 4 is 32.9 Å². The monoisotopic (exact) mass is 308 g/mol. The van der Waals surface area contributed by atoms with Crippen molar-refractivity contribution < 1.29 is 4.79 Å². The molecule has 1 atom stereocenters. The summed E-state index contributed by atoms with van der Waals surface area (Å²) < 4.78 is 1.01. The number of nitrogens with zero attached hydrogens (tertiary/aromatic N) is 1. The van der Waals surface area contributed by atoms with Crippen molar-refractivity contribution in [3.8, 4) is 0 Å². The first-order valence-electron chi connectivity index (χ1n) is 5.87. The van der Waals surface area contributed by atoms with E-state index in [1.54, 1.807) is 0 Å². The van der Waals surface area contributed by atoms with Crippen LogP contribution in [0.2, 0.25) is 0 Å². The van der Waals surface area contributed by atoms with E-state index < -0.39 is 0 Å². The van der Waals surface area contributed by atoms with Crippen LogP contribution in [0.25, 0.3) is 11.0 Å². The third-order valence-electron chi connectivity index (χ3n) is 3.02. The molecule has 0 saturated carbocycles. The van der Waals surface area contributed by atoms with Crippen LogP contribution >= 0.6 is 15.9 Å². The van der Waals surface area contributed by atoms with Crippen molar-refractivity contribution in [3.63, 3.8) is 0 Å². The first-order chi connectivity index (χ1) is 8.72. The number of carbonyl (C=O) groups excluding carboxylic acids is 1. The Bertz CT molecular complexity index is 595. The normalized spacial score (nSPS) is 20.1. The number of halogens is 1. The Labute approximate surface area is 112 Å². The molecule has 1 amide bonds. The molecule has 1 aliphatic rings. The molecular formula is C12H13BrN4O. The molecule has 0 radical (unpaired) electrons. The van der Waals surface area contributed by atoms with Crippen LogP contribution in [0.5, 0.6) is 0 Å². The zero-order chi connectivity index (χ0) is 12.5. The van der Waals surface area contributed by atoms with Gasteiger partial charge >= 0.3 is 0 Å². The molecule has 1 aliphatic heterocycles. The summed E-state index contributed by atoms with van der Waals surface area (Å²) in [5.41, 5.74) is 1.90. The second-order valence-corrected chi connectivity index (χ2v) is 5.26. The molecule has 1 saturated heterocycles. The zero-order valence-electron chi connectivity index (χ0n) is 9.66. The van der Waals surface area contributed by atoms with Crippen molar-refractivity contribution in [3.05, 3.63) is 28.5 Å². The molecule has 1 aromatic carbocycles. The Kier molecular flexibility index (Phi) is 3.05. The van der Waals surface area contributed by atoms with E-state index in [2.05, 4.69) is 36.5 Å². The molecule has 3 N–H and O–H groups in total. The van der Waals surface area contributed by atoms with Gasteiger partial charge in [0.1, 0.15) is 5.82 Å². The van der Waals surface area contributed by atoms with Gasteiger partial charge in [0.25, 0.3) is 0 Å². The van der Waals surface area contributed by atoms with Gasteiger partial charge in [0, 0.05) is 24.0 Å². The van der Waals surface area contributed by atoms with Gasteiger partial charge in [0.15, 0.2) is 0 Å². The molecule has 0 aliphatic carbocycles. The van der Waals surface area contributed by atoms with Crippen molar-refractivity contribution in [2.24, 2.45) is 0 Å². The number of fused-ring (bicyclic) bond motifs is 1. The van der Waals surface area contributed by atoms with Gasteiger partial charge in [0.05, 0.1) is 17.1 Å². The van der Waals surface area contributed by atoms with Crippen LogP contribution in [-0.2, 0) is 11.2 Å². The van der Waals surface area contributed by atoms with Gasteiger partial charge in [-0.25, -0.2) is 4.98 Å². The van der Waals surface area contributed by atoms with Gasteiger partial charge in [-0.05, 0) is 18.2 Å². The van der Waals surface area contributed by atoms with Gasteiger partial charge in [-0.15, -0.1) is 0 Å². The van der Waals surface area contributed by atoms with Crippen LogP contribution in [0.15, 0.2) is 22.7 Å². The quantitative estimate of drug-likeness (QED) is 0.774. The Morgan fingerprint density at radius 3 is 3.11 bits per heavy atom. The lowest BCUT2D eigenvalue weighted by Gasteiger charge is -2.22. The molecule has 0 spiro atoms. The molecule has 5 nitrogen and oxygen atoms in total. The summed E-state index contributed by atoms with van der Waals surface area (Å²) in [6.07, 6.45) is 0.581. The lowest BCUT2D eigenvalue weighted by atomic mass is 10.1. The molecular weight excluding hydrogens is 296 g/mol. The second-order valence-electron chi connectivity index (χ2n) is 4.35. The smallest absolute Gasteiger partial charge is 0.237 e. The lowest BCUT2D eigenvalue weighted by molar-refractivity contribution is -0.124. The predicted octanol–water partition coefficient (Wildman–Crippen LogP) is 0.956. The van der Waals surface area contributed by atoms with Gasteiger partial charge in [0.2, 0.25) is 5.91 Å². The minimum Gasteiger partial charge on any atom is -0.353 e. The molecule has 2 heterocycles. The second kappa shape index (κ2) is 4.70. The van der Waals surface area contributed by atoms with Crippen LogP contribution in [0.1, 0.15) is 5.82 Å². The standard InChI is InChI=1S/C12H13BrN4O/c13-7-1-2-8-9(5-7)17-11(16-8)6-10-12(18)15-4-3-14-10/h1-2,5,10,14H,3-4,6H2,(H,15,18)(H,16,17). The number of H-pyrrole nitrogens is 1. The van der Waals surface area contributed by atoms with E-state index in [1.165, 1.54) is 0 Å². The number of nitrogens with one attached hydrogen (secondary N) is 3. The van der Waals surface area contributed by atoms with E-state index in [0.717, 1.165) is 27.9 Å². The number of hydrogen-bond donors (Lipinski definition) is 3. The molecule has 0 bridgehead atoms. The predicted molar refractivity (Wildman–Crippen MR) is 72.3 cm³/mol. The van der Waals surface area contributed by atoms with Crippen LogP contribution in [0.3, 0.4) is 0 Å². The molecule has 3 rings (SSSR count). The molecule has 1 fully saturated rings. The number of rotatable bonds is 2. The zero-order valence-corrected chi connectivity index (χ0v) is 11.3. The molecule has 94 valence electrons. The number of hydrogen-bond acceptors (Lipinski definition) is 3. The van der Waals surface area contributed by atoms with E-state index >= 15 is 0 Å². The van der Waals surface area contributed by atoms with Crippen LogP contribution in [-0.4, -0.2) is 35.0 Å². The number of amides is 1. The molecule has 1 aromatic heterocycles. The third-order valence-corrected chi connectivity index (χ3v) is 3.52. The van der Waals surface area contributed by atoms with Crippen molar-refractivity contribution in [1.29, 1.82) is 0 Å². The summed E-state index contributed by atoms with van der Waals surface area (Å²) >= 11 is 3.43. The number of aromatic nitrogens is 2. The molecule has 1 unspecified atom stereocenters. The van der Waals surface area contributed by atoms with E-state index in [0.29, 0.717) is 13.0 Å². The summed E-state index contributed by atoms with van der Waals surface area (Å²) in [6.45, 7) is 1.50. The summed E-state index contributed by atoms with van der Waals surface area (Å²) in [4.78, 5) is 19.4. The average Bonchev–Trinajstić information content (AvgIpc) is 2.73. The van der Waals surface area contributed by atoms with E-state index in [-0.39, 0.29) is 11.9 Å². The van der Waals surface area contributed by atoms with Crippen LogP contribution < -0.4 is 10.6 Å². The summed E-state index contributed by atoms with van der Waals surface area (Å²) in [5, 5.41) is 6.04. The van der Waals surface area contributed by atoms with Crippen molar-refractivity contribution in [2.45, 2.75) is 12.5 Å². The fourth-order valence-electron chi connectivity index (χ4n) is 2.14. The first-order valence-corrected chi connectivity index (χ1v) is 6.67. The number of piperazine rings is 1. The minimum absolute atomic E-state index is 0.0443. The lowest BCUT2D eigenvalue weighted by Crippen LogP contribution is -2.53. The molecule has 18 heavy (non-hydrogen) atoms. The Morgan fingerprint density at radius 2 is 2.28 bits per heavy atom. The summed E-state index contributed by atoms with van der Waals surface area (Å²) in [6, 6.07) is 5.70. The highest BCUT2D eigenvalue weighted by atomic mass is 79.9. The van der Waals surface area contributed by atoms with Gasteiger partial charge in [-0.1, -0.05) is 15.9 Å². The minimum atomic E-state index is -0.192. The van der Waals surface area contributed by atoms with Gasteiger partial charge in [-0.2, -0.15) is 0 Å². The Hall–Kier alpha value is -1.40. The molecule has 6 heteroatoms. The maximum absolute atomic E-state index is 11.6. The number of carbonyl (C=O) groups is 1. The van der Waals surface area contributed by atoms with Gasteiger partial charge < -0.3 is 15.6 Å². The Morgan fingerprint density at radius 1 is 1.39 bits per heavy atom. The maximum Gasteiger partial charge on any atom is 0.237 e. The van der Waals surface area contributed by atoms with E-state index in [9.17, 15) is 4.79 Å². The number of aromatic amines is 1. The summed E-state index contributed by atoms with van der Waals surface area (Å²) in [5.74, 6) is 0.875. The third kappa shape index (κ3) is 2.26. The Balaban J connectivity index is 1.84. The van der Waals surface area contributed by atoms with Crippen LogP contribution in [0, 0.1) is 0 Å². The van der Waals surface area contributed by atoms with E-state index in [4.69, 9.17) is 0 Å². The number of imidazole rings is 1. The van der Waals surface area contributed by atoms with Crippen molar-refractivity contribution in [2.75, 3.05) is 13.1 Å². The van der Waals surface area contributed by atoms with E-state index in [1.807, 2.05) is 18.2 Å². The molecule has 2 aromatic rings. The fraction of sp³-hybridized carbons (Fsp3) is 0.333. The highest BCUT2D eigenvalue weighted by Gasteiger charge is 2.22.